The summed E-state index contributed by atoms with van der Waals surface area (Å²) in [5, 5.41) is 0. The maximum atomic E-state index is 13.2. The standard InChI is InChI=1S/C20H19F3N4O3/c1-2-14-17(27-12-13(20(21,22)23)5-6-16(27)24-14)19(29)26-9-7-25(8-10-26)18(28)15-4-3-11-30-15/h3-6,11-12H,2,7-10H2,1H3. The average Bonchev–Trinajstić information content (AvgIpc) is 3.39. The van der Waals surface area contributed by atoms with E-state index in [1.54, 1.807) is 24.0 Å². The molecular weight excluding hydrogens is 401 g/mol. The fourth-order valence-electron chi connectivity index (χ4n) is 3.55. The molecule has 1 saturated heterocycles. The number of fused-ring (bicyclic) bond motifs is 1. The first-order valence-electron chi connectivity index (χ1n) is 9.50. The van der Waals surface area contributed by atoms with Crippen molar-refractivity contribution in [2.45, 2.75) is 19.5 Å². The number of pyridine rings is 1. The van der Waals surface area contributed by atoms with Gasteiger partial charge in [-0.25, -0.2) is 4.98 Å². The smallest absolute Gasteiger partial charge is 0.417 e. The van der Waals surface area contributed by atoms with Gasteiger partial charge in [-0.15, -0.1) is 0 Å². The third kappa shape index (κ3) is 3.53. The van der Waals surface area contributed by atoms with Gasteiger partial charge < -0.3 is 14.2 Å². The fraction of sp³-hybridized carbons (Fsp3) is 0.350. The van der Waals surface area contributed by atoms with Gasteiger partial charge in [-0.05, 0) is 30.7 Å². The molecule has 3 aromatic heterocycles. The van der Waals surface area contributed by atoms with Crippen LogP contribution in [-0.4, -0.2) is 57.2 Å². The summed E-state index contributed by atoms with van der Waals surface area (Å²) in [5.41, 5.74) is 0.00521. The molecule has 1 aliphatic heterocycles. The van der Waals surface area contributed by atoms with Gasteiger partial charge in [-0.1, -0.05) is 6.92 Å². The molecule has 0 N–H and O–H groups in total. The maximum absolute atomic E-state index is 13.2. The number of halogens is 3. The lowest BCUT2D eigenvalue weighted by Gasteiger charge is -2.34. The fourth-order valence-corrected chi connectivity index (χ4v) is 3.55. The number of aryl methyl sites for hydroxylation is 1. The predicted molar refractivity (Wildman–Crippen MR) is 100 cm³/mol. The number of amides is 2. The van der Waals surface area contributed by atoms with E-state index in [2.05, 4.69) is 4.98 Å². The van der Waals surface area contributed by atoms with E-state index >= 15 is 0 Å². The van der Waals surface area contributed by atoms with Gasteiger partial charge in [0, 0.05) is 32.4 Å². The van der Waals surface area contributed by atoms with Crippen molar-refractivity contribution in [2.75, 3.05) is 26.2 Å². The van der Waals surface area contributed by atoms with Crippen molar-refractivity contribution in [3.8, 4) is 0 Å². The summed E-state index contributed by atoms with van der Waals surface area (Å²) in [6.45, 7) is 2.93. The van der Waals surface area contributed by atoms with E-state index in [9.17, 15) is 22.8 Å². The Morgan fingerprint density at radius 3 is 2.30 bits per heavy atom. The molecule has 3 aromatic rings. The number of nitrogens with zero attached hydrogens (tertiary/aromatic N) is 4. The van der Waals surface area contributed by atoms with Crippen molar-refractivity contribution >= 4 is 17.5 Å². The minimum absolute atomic E-state index is 0.129. The molecule has 0 unspecified atom stereocenters. The summed E-state index contributed by atoms with van der Waals surface area (Å²) in [7, 11) is 0. The largest absolute Gasteiger partial charge is 0.459 e. The number of hydrogen-bond donors (Lipinski definition) is 0. The molecule has 30 heavy (non-hydrogen) atoms. The molecule has 1 aliphatic rings. The SMILES string of the molecule is CCc1nc2ccc(C(F)(F)F)cn2c1C(=O)N1CCN(C(=O)c2ccco2)CC1. The van der Waals surface area contributed by atoms with Crippen molar-refractivity contribution < 1.29 is 27.2 Å². The third-order valence-corrected chi connectivity index (χ3v) is 5.14. The predicted octanol–water partition coefficient (Wildman–Crippen LogP) is 3.11. The highest BCUT2D eigenvalue weighted by molar-refractivity contribution is 5.95. The number of imidazole rings is 1. The summed E-state index contributed by atoms with van der Waals surface area (Å²) in [6.07, 6.45) is -1.80. The Hall–Kier alpha value is -3.30. The van der Waals surface area contributed by atoms with Gasteiger partial charge >= 0.3 is 6.18 Å². The average molecular weight is 420 g/mol. The first kappa shape index (κ1) is 20.0. The van der Waals surface area contributed by atoms with Gasteiger partial charge in [0.1, 0.15) is 11.3 Å². The molecule has 0 aliphatic carbocycles. The lowest BCUT2D eigenvalue weighted by molar-refractivity contribution is -0.137. The van der Waals surface area contributed by atoms with Crippen LogP contribution in [0.2, 0.25) is 0 Å². The highest BCUT2D eigenvalue weighted by Crippen LogP contribution is 2.30. The number of carbonyl (C=O) groups excluding carboxylic acids is 2. The van der Waals surface area contributed by atoms with Crippen molar-refractivity contribution in [3.05, 3.63) is 59.4 Å². The van der Waals surface area contributed by atoms with Crippen molar-refractivity contribution in [1.82, 2.24) is 19.2 Å². The Labute approximate surface area is 169 Å². The molecule has 0 radical (unpaired) electrons. The second kappa shape index (κ2) is 7.51. The molecule has 0 bridgehead atoms. The van der Waals surface area contributed by atoms with Gasteiger partial charge in [0.25, 0.3) is 11.8 Å². The van der Waals surface area contributed by atoms with Crippen LogP contribution >= 0.6 is 0 Å². The Morgan fingerprint density at radius 1 is 1.07 bits per heavy atom. The van der Waals surface area contributed by atoms with Crippen molar-refractivity contribution in [2.24, 2.45) is 0 Å². The van der Waals surface area contributed by atoms with Gasteiger partial charge in [0.2, 0.25) is 0 Å². The zero-order chi connectivity index (χ0) is 21.5. The number of furan rings is 1. The minimum Gasteiger partial charge on any atom is -0.459 e. The Morgan fingerprint density at radius 2 is 1.73 bits per heavy atom. The van der Waals surface area contributed by atoms with Crippen LogP contribution in [0.4, 0.5) is 13.2 Å². The Bertz CT molecular complexity index is 1080. The van der Waals surface area contributed by atoms with Crippen LogP contribution in [0.1, 0.15) is 39.2 Å². The van der Waals surface area contributed by atoms with Gasteiger partial charge in [-0.2, -0.15) is 13.2 Å². The summed E-state index contributed by atoms with van der Waals surface area (Å²) < 4.78 is 45.8. The minimum atomic E-state index is -4.52. The number of alkyl halides is 3. The molecule has 10 heteroatoms. The first-order valence-corrected chi connectivity index (χ1v) is 9.50. The van der Waals surface area contributed by atoms with Gasteiger partial charge in [0.15, 0.2) is 5.76 Å². The van der Waals surface area contributed by atoms with Crippen molar-refractivity contribution in [3.63, 3.8) is 0 Å². The van der Waals surface area contributed by atoms with Crippen LogP contribution in [0.3, 0.4) is 0 Å². The van der Waals surface area contributed by atoms with E-state index in [0.717, 1.165) is 12.3 Å². The molecule has 2 amide bonds. The topological polar surface area (TPSA) is 71.1 Å². The van der Waals surface area contributed by atoms with E-state index in [1.165, 1.54) is 21.6 Å². The second-order valence-corrected chi connectivity index (χ2v) is 6.97. The number of piperazine rings is 1. The molecule has 1 fully saturated rings. The van der Waals surface area contributed by atoms with E-state index in [-0.39, 0.29) is 36.1 Å². The summed E-state index contributed by atoms with van der Waals surface area (Å²) in [4.78, 5) is 33.0. The zero-order valence-corrected chi connectivity index (χ0v) is 16.1. The highest BCUT2D eigenvalue weighted by atomic mass is 19.4. The monoisotopic (exact) mass is 420 g/mol. The maximum Gasteiger partial charge on any atom is 0.417 e. The van der Waals surface area contributed by atoms with Crippen LogP contribution in [0.5, 0.6) is 0 Å². The van der Waals surface area contributed by atoms with Crippen LogP contribution in [0.15, 0.2) is 41.1 Å². The molecule has 0 saturated carbocycles. The summed E-state index contributed by atoms with van der Waals surface area (Å²) in [6, 6.07) is 5.41. The van der Waals surface area contributed by atoms with Crippen LogP contribution in [0.25, 0.3) is 5.65 Å². The van der Waals surface area contributed by atoms with E-state index in [1.807, 2.05) is 0 Å². The molecule has 158 valence electrons. The first-order chi connectivity index (χ1) is 14.3. The van der Waals surface area contributed by atoms with E-state index in [0.29, 0.717) is 25.2 Å². The van der Waals surface area contributed by atoms with Crippen molar-refractivity contribution in [1.29, 1.82) is 0 Å². The molecular formula is C20H19F3N4O3. The number of rotatable bonds is 3. The molecule has 0 atom stereocenters. The normalized spacial score (nSPS) is 15.1. The molecule has 7 nitrogen and oxygen atoms in total. The Balaban J connectivity index is 1.58. The second-order valence-electron chi connectivity index (χ2n) is 6.97. The molecule has 0 spiro atoms. The van der Waals surface area contributed by atoms with E-state index < -0.39 is 17.6 Å². The molecule has 4 heterocycles. The Kier molecular flexibility index (Phi) is 5.00. The third-order valence-electron chi connectivity index (χ3n) is 5.14. The van der Waals surface area contributed by atoms with Crippen LogP contribution < -0.4 is 0 Å². The number of hydrogen-bond acceptors (Lipinski definition) is 4. The molecule has 4 rings (SSSR count). The number of aromatic nitrogens is 2. The lowest BCUT2D eigenvalue weighted by atomic mass is 10.2. The molecule has 0 aromatic carbocycles. The number of carbonyl (C=O) groups is 2. The van der Waals surface area contributed by atoms with Gasteiger partial charge in [-0.3, -0.25) is 14.0 Å². The zero-order valence-electron chi connectivity index (χ0n) is 16.1. The summed E-state index contributed by atoms with van der Waals surface area (Å²) in [5.74, 6) is -0.431. The lowest BCUT2D eigenvalue weighted by Crippen LogP contribution is -2.50. The summed E-state index contributed by atoms with van der Waals surface area (Å²) >= 11 is 0. The van der Waals surface area contributed by atoms with Crippen LogP contribution in [-0.2, 0) is 12.6 Å². The van der Waals surface area contributed by atoms with Gasteiger partial charge in [0.05, 0.1) is 17.5 Å². The highest BCUT2D eigenvalue weighted by Gasteiger charge is 2.33. The van der Waals surface area contributed by atoms with E-state index in [4.69, 9.17) is 4.42 Å². The quantitative estimate of drug-likeness (QED) is 0.653. The van der Waals surface area contributed by atoms with Crippen LogP contribution in [0, 0.1) is 0 Å².